The van der Waals surface area contributed by atoms with E-state index in [9.17, 15) is 39.3 Å². The number of aliphatic hydroxyl groups is 2. The summed E-state index contributed by atoms with van der Waals surface area (Å²) in [4.78, 5) is 68.3. The Morgan fingerprint density at radius 2 is 1.66 bits per heavy atom. The van der Waals surface area contributed by atoms with Gasteiger partial charge in [-0.3, -0.25) is 19.2 Å². The maximum atomic E-state index is 13.5. The highest BCUT2D eigenvalue weighted by molar-refractivity contribution is 5.96. The zero-order valence-electron chi connectivity index (χ0n) is 26.0. The molecule has 1 unspecified atom stereocenters. The second-order valence-corrected chi connectivity index (χ2v) is 12.0. The van der Waals surface area contributed by atoms with Crippen molar-refractivity contribution < 1.29 is 44.0 Å². The van der Waals surface area contributed by atoms with Gasteiger partial charge in [0.2, 0.25) is 17.7 Å². The molecule has 16 heteroatoms. The molecule has 3 fully saturated rings. The van der Waals surface area contributed by atoms with Gasteiger partial charge in [0.25, 0.3) is 11.8 Å². The third kappa shape index (κ3) is 8.18. The number of likely N-dealkylation sites (tertiary alicyclic amines) is 1. The Labute approximate surface area is 271 Å². The zero-order valence-corrected chi connectivity index (χ0v) is 26.0. The number of benzene rings is 1. The van der Waals surface area contributed by atoms with Gasteiger partial charge in [0, 0.05) is 51.3 Å². The number of hydrogen-bond acceptors (Lipinski definition) is 9. The third-order valence-electron chi connectivity index (χ3n) is 8.76. The van der Waals surface area contributed by atoms with Gasteiger partial charge < -0.3 is 45.4 Å². The Hall–Kier alpha value is -4.70. The summed E-state index contributed by atoms with van der Waals surface area (Å²) in [6.45, 7) is -0.233. The fourth-order valence-corrected chi connectivity index (χ4v) is 5.88. The number of aromatic nitrogens is 2. The van der Waals surface area contributed by atoms with Crippen LogP contribution in [0.25, 0.3) is 5.69 Å². The number of carbonyl (C=O) groups is 5. The molecule has 1 aromatic carbocycles. The maximum absolute atomic E-state index is 13.5. The maximum Gasteiger partial charge on any atom is 0.407 e. The van der Waals surface area contributed by atoms with Gasteiger partial charge in [-0.05, 0) is 44.2 Å². The van der Waals surface area contributed by atoms with Crippen LogP contribution in [0.15, 0.2) is 36.4 Å². The van der Waals surface area contributed by atoms with Gasteiger partial charge in [0.1, 0.15) is 12.1 Å². The van der Waals surface area contributed by atoms with E-state index < -0.39 is 49.3 Å². The fourth-order valence-electron chi connectivity index (χ4n) is 5.88. The second-order valence-electron chi connectivity index (χ2n) is 12.0. The SMILES string of the molecule is O=C(N[C@@H](CC(O)CO)C(=O)N1CCN(C(=O)O)CC1)c1cc(OCC(=O)N2CCC[C@H]2C(=O)NC2CCC2)n(-c2ccccc2)n1. The van der Waals surface area contributed by atoms with E-state index in [4.69, 9.17) is 4.74 Å². The quantitative estimate of drug-likeness (QED) is 0.200. The number of nitrogens with one attached hydrogen (secondary N) is 2. The van der Waals surface area contributed by atoms with E-state index in [2.05, 4.69) is 15.7 Å². The molecule has 47 heavy (non-hydrogen) atoms. The van der Waals surface area contributed by atoms with Crippen molar-refractivity contribution in [1.29, 1.82) is 0 Å². The normalized spacial score (nSPS) is 19.4. The number of ether oxygens (including phenoxy) is 1. The smallest absolute Gasteiger partial charge is 0.407 e. The molecule has 5 amide bonds. The number of hydrogen-bond donors (Lipinski definition) is 5. The Balaban J connectivity index is 1.29. The Kier molecular flexibility index (Phi) is 10.9. The predicted octanol–water partition coefficient (Wildman–Crippen LogP) is -0.425. The summed E-state index contributed by atoms with van der Waals surface area (Å²) in [6.07, 6.45) is 1.53. The number of carboxylic acid groups (broad SMARTS) is 1. The lowest BCUT2D eigenvalue weighted by Crippen LogP contribution is -2.56. The van der Waals surface area contributed by atoms with Crippen LogP contribution >= 0.6 is 0 Å². The predicted molar refractivity (Wildman–Crippen MR) is 165 cm³/mol. The van der Waals surface area contributed by atoms with Crippen LogP contribution in [-0.2, 0) is 14.4 Å². The van der Waals surface area contributed by atoms with Crippen molar-refractivity contribution in [2.45, 2.75) is 62.8 Å². The van der Waals surface area contributed by atoms with Gasteiger partial charge in [0.15, 0.2) is 12.3 Å². The minimum Gasteiger partial charge on any atom is -0.467 e. The first kappa shape index (κ1) is 33.7. The van der Waals surface area contributed by atoms with Crippen LogP contribution in [0.4, 0.5) is 4.79 Å². The van der Waals surface area contributed by atoms with Gasteiger partial charge in [-0.15, -0.1) is 0 Å². The van der Waals surface area contributed by atoms with E-state index >= 15 is 0 Å². The molecule has 5 rings (SSSR count). The Morgan fingerprint density at radius 1 is 0.957 bits per heavy atom. The molecule has 254 valence electrons. The number of aliphatic hydroxyl groups excluding tert-OH is 2. The molecule has 2 saturated heterocycles. The molecular formula is C31H41N7O9. The minimum absolute atomic E-state index is 0.0763. The lowest BCUT2D eigenvalue weighted by molar-refractivity contribution is -0.140. The first-order chi connectivity index (χ1) is 22.6. The standard InChI is InChI=1S/C31H41N7O9/c39-18-22(40)16-24(30(44)35-12-14-36(15-13-35)31(45)46)33-28(42)23-17-27(38(34-23)21-8-2-1-3-9-21)47-19-26(41)37-11-5-10-25(37)29(43)32-20-6-4-7-20/h1-3,8-9,17,20,22,24-25,39-40H,4-7,10-16,18-19H2,(H,32,43)(H,33,42)(H,45,46)/t22?,24-,25-/m0/s1. The van der Waals surface area contributed by atoms with Crippen LogP contribution in [0.2, 0.25) is 0 Å². The van der Waals surface area contributed by atoms with E-state index in [1.54, 1.807) is 30.3 Å². The van der Waals surface area contributed by atoms with Gasteiger partial charge in [-0.2, -0.15) is 5.10 Å². The van der Waals surface area contributed by atoms with Crippen molar-refractivity contribution in [2.75, 3.05) is 45.9 Å². The van der Waals surface area contributed by atoms with Crippen LogP contribution in [0.1, 0.15) is 49.0 Å². The molecule has 0 bridgehead atoms. The zero-order chi connectivity index (χ0) is 33.5. The van der Waals surface area contributed by atoms with Gasteiger partial charge in [-0.1, -0.05) is 18.2 Å². The second kappa shape index (κ2) is 15.3. The van der Waals surface area contributed by atoms with Crippen LogP contribution in [0, 0.1) is 0 Å². The number of nitrogens with zero attached hydrogens (tertiary/aromatic N) is 5. The average molecular weight is 656 g/mol. The first-order valence-electron chi connectivity index (χ1n) is 15.9. The highest BCUT2D eigenvalue weighted by atomic mass is 16.5. The molecule has 0 spiro atoms. The first-order valence-corrected chi connectivity index (χ1v) is 15.9. The third-order valence-corrected chi connectivity index (χ3v) is 8.76. The van der Waals surface area contributed by atoms with Crippen molar-refractivity contribution in [3.05, 3.63) is 42.1 Å². The molecule has 2 aliphatic heterocycles. The van der Waals surface area contributed by atoms with Crippen LogP contribution in [0.5, 0.6) is 5.88 Å². The average Bonchev–Trinajstić information content (AvgIpc) is 3.73. The number of amides is 5. The number of rotatable bonds is 12. The van der Waals surface area contributed by atoms with Gasteiger partial charge in [-0.25, -0.2) is 9.48 Å². The van der Waals surface area contributed by atoms with E-state index in [-0.39, 0.29) is 62.0 Å². The molecule has 1 saturated carbocycles. The molecule has 5 N–H and O–H groups in total. The summed E-state index contributed by atoms with van der Waals surface area (Å²) in [5, 5.41) is 38.8. The minimum atomic E-state index is -1.30. The van der Waals surface area contributed by atoms with E-state index in [1.807, 2.05) is 0 Å². The Bertz CT molecular complexity index is 1440. The largest absolute Gasteiger partial charge is 0.467 e. The molecule has 3 aliphatic rings. The molecule has 2 aromatic rings. The van der Waals surface area contributed by atoms with Crippen molar-refractivity contribution in [3.63, 3.8) is 0 Å². The highest BCUT2D eigenvalue weighted by Crippen LogP contribution is 2.24. The van der Waals surface area contributed by atoms with Crippen LogP contribution < -0.4 is 15.4 Å². The number of piperazine rings is 1. The fraction of sp³-hybridized carbons (Fsp3) is 0.548. The van der Waals surface area contributed by atoms with E-state index in [0.29, 0.717) is 25.1 Å². The summed E-state index contributed by atoms with van der Waals surface area (Å²) in [6, 6.07) is 8.45. The number of carbonyl (C=O) groups excluding carboxylic acids is 4. The summed E-state index contributed by atoms with van der Waals surface area (Å²) in [5.74, 6) is -1.77. The topological polar surface area (TPSA) is 207 Å². The summed E-state index contributed by atoms with van der Waals surface area (Å²) in [5.41, 5.74) is 0.398. The van der Waals surface area contributed by atoms with Gasteiger partial charge >= 0.3 is 6.09 Å². The summed E-state index contributed by atoms with van der Waals surface area (Å²) < 4.78 is 7.24. The Morgan fingerprint density at radius 3 is 2.30 bits per heavy atom. The van der Waals surface area contributed by atoms with Crippen molar-refractivity contribution in [1.82, 2.24) is 35.1 Å². The number of para-hydroxylation sites is 1. The van der Waals surface area contributed by atoms with Crippen molar-refractivity contribution >= 4 is 29.7 Å². The lowest BCUT2D eigenvalue weighted by atomic mass is 9.93. The van der Waals surface area contributed by atoms with E-state index in [1.165, 1.54) is 25.4 Å². The molecule has 0 radical (unpaired) electrons. The monoisotopic (exact) mass is 655 g/mol. The van der Waals surface area contributed by atoms with Crippen LogP contribution in [-0.4, -0.2) is 140 Å². The molecule has 1 aromatic heterocycles. The summed E-state index contributed by atoms with van der Waals surface area (Å²) in [7, 11) is 0. The molecule has 3 heterocycles. The molecule has 16 nitrogen and oxygen atoms in total. The van der Waals surface area contributed by atoms with E-state index in [0.717, 1.165) is 19.3 Å². The molecule has 1 aliphatic carbocycles. The van der Waals surface area contributed by atoms with Crippen molar-refractivity contribution in [3.8, 4) is 11.6 Å². The lowest BCUT2D eigenvalue weighted by Gasteiger charge is -2.35. The molecular weight excluding hydrogens is 614 g/mol. The molecule has 3 atom stereocenters. The van der Waals surface area contributed by atoms with Crippen LogP contribution in [0.3, 0.4) is 0 Å². The highest BCUT2D eigenvalue weighted by Gasteiger charge is 2.36. The summed E-state index contributed by atoms with van der Waals surface area (Å²) >= 11 is 0. The van der Waals surface area contributed by atoms with Crippen molar-refractivity contribution in [2.24, 2.45) is 0 Å². The van der Waals surface area contributed by atoms with Gasteiger partial charge in [0.05, 0.1) is 18.4 Å².